The average Bonchev–Trinajstić information content (AvgIpc) is 2.22. The molecule has 0 atom stereocenters. The molecule has 15 heavy (non-hydrogen) atoms. The molecule has 0 saturated carbocycles. The van der Waals surface area contributed by atoms with E-state index in [0.717, 1.165) is 36.6 Å². The van der Waals surface area contributed by atoms with Crippen molar-refractivity contribution in [2.45, 2.75) is 13.0 Å². The predicted octanol–water partition coefficient (Wildman–Crippen LogP) is 1.78. The molecule has 1 rings (SSSR count). The molecule has 84 valence electrons. The van der Waals surface area contributed by atoms with Crippen molar-refractivity contribution in [3.63, 3.8) is 0 Å². The van der Waals surface area contributed by atoms with Crippen molar-refractivity contribution < 1.29 is 0 Å². The number of aromatic nitrogens is 1. The topological polar surface area (TPSA) is 28.2 Å². The summed E-state index contributed by atoms with van der Waals surface area (Å²) >= 11 is 6.03. The summed E-state index contributed by atoms with van der Waals surface area (Å²) in [6.07, 6.45) is 4.62. The average molecular weight is 228 g/mol. The van der Waals surface area contributed by atoms with Crippen LogP contribution in [0.4, 0.5) is 0 Å². The van der Waals surface area contributed by atoms with Crippen LogP contribution in [0.15, 0.2) is 18.5 Å². The van der Waals surface area contributed by atoms with Gasteiger partial charge in [-0.15, -0.1) is 0 Å². The third kappa shape index (κ3) is 4.60. The Kier molecular flexibility index (Phi) is 5.61. The van der Waals surface area contributed by atoms with Gasteiger partial charge in [0.25, 0.3) is 0 Å². The maximum absolute atomic E-state index is 6.03. The van der Waals surface area contributed by atoms with Gasteiger partial charge in [0.15, 0.2) is 0 Å². The van der Waals surface area contributed by atoms with Gasteiger partial charge in [0.05, 0.1) is 5.02 Å². The van der Waals surface area contributed by atoms with Crippen molar-refractivity contribution in [2.24, 2.45) is 0 Å². The van der Waals surface area contributed by atoms with Gasteiger partial charge in [-0.25, -0.2) is 0 Å². The highest BCUT2D eigenvalue weighted by atomic mass is 35.5. The molecular formula is C11H18ClN3. The van der Waals surface area contributed by atoms with Crippen LogP contribution >= 0.6 is 11.6 Å². The van der Waals surface area contributed by atoms with Crippen molar-refractivity contribution in [2.75, 3.05) is 27.2 Å². The summed E-state index contributed by atoms with van der Waals surface area (Å²) in [5, 5.41) is 3.88. The number of hydrogen-bond acceptors (Lipinski definition) is 3. The quantitative estimate of drug-likeness (QED) is 0.751. The van der Waals surface area contributed by atoms with Gasteiger partial charge in [0.1, 0.15) is 0 Å². The van der Waals surface area contributed by atoms with Gasteiger partial charge in [-0.2, -0.15) is 0 Å². The Morgan fingerprint density at radius 2 is 2.33 bits per heavy atom. The van der Waals surface area contributed by atoms with Crippen LogP contribution in [0.25, 0.3) is 0 Å². The van der Waals surface area contributed by atoms with Gasteiger partial charge < -0.3 is 10.2 Å². The monoisotopic (exact) mass is 227 g/mol. The summed E-state index contributed by atoms with van der Waals surface area (Å²) < 4.78 is 0. The molecule has 0 unspecified atom stereocenters. The van der Waals surface area contributed by atoms with E-state index >= 15 is 0 Å². The zero-order valence-corrected chi connectivity index (χ0v) is 10.1. The molecule has 4 heteroatoms. The zero-order chi connectivity index (χ0) is 11.1. The van der Waals surface area contributed by atoms with Gasteiger partial charge >= 0.3 is 0 Å². The smallest absolute Gasteiger partial charge is 0.0634 e. The van der Waals surface area contributed by atoms with E-state index in [9.17, 15) is 0 Å². The Labute approximate surface area is 96.5 Å². The Hall–Kier alpha value is -0.640. The van der Waals surface area contributed by atoms with E-state index in [1.54, 1.807) is 12.4 Å². The third-order valence-corrected chi connectivity index (χ3v) is 2.60. The minimum absolute atomic E-state index is 0.748. The number of pyridine rings is 1. The lowest BCUT2D eigenvalue weighted by Gasteiger charge is -2.16. The maximum atomic E-state index is 6.03. The second-order valence-electron chi connectivity index (χ2n) is 3.66. The van der Waals surface area contributed by atoms with E-state index in [1.165, 1.54) is 0 Å². The second-order valence-corrected chi connectivity index (χ2v) is 4.07. The fourth-order valence-electron chi connectivity index (χ4n) is 1.43. The fourth-order valence-corrected chi connectivity index (χ4v) is 1.61. The van der Waals surface area contributed by atoms with Crippen LogP contribution < -0.4 is 5.32 Å². The summed E-state index contributed by atoms with van der Waals surface area (Å²) in [6.45, 7) is 3.00. The van der Waals surface area contributed by atoms with Gasteiger partial charge in [-0.1, -0.05) is 11.6 Å². The molecule has 1 N–H and O–H groups in total. The van der Waals surface area contributed by atoms with Crippen LogP contribution in [0.3, 0.4) is 0 Å². The molecule has 3 nitrogen and oxygen atoms in total. The summed E-state index contributed by atoms with van der Waals surface area (Å²) in [7, 11) is 4.08. The first kappa shape index (κ1) is 12.4. The maximum Gasteiger partial charge on any atom is 0.0634 e. The van der Waals surface area contributed by atoms with E-state index in [-0.39, 0.29) is 0 Å². The Morgan fingerprint density at radius 3 is 3.00 bits per heavy atom. The molecule has 0 fully saturated rings. The Bertz CT molecular complexity index is 291. The highest BCUT2D eigenvalue weighted by Gasteiger charge is 2.03. The van der Waals surface area contributed by atoms with Crippen molar-refractivity contribution in [3.8, 4) is 0 Å². The number of halogens is 1. The van der Waals surface area contributed by atoms with Gasteiger partial charge in [0, 0.05) is 18.9 Å². The molecule has 0 radical (unpaired) electrons. The minimum Gasteiger partial charge on any atom is -0.320 e. The molecule has 0 aliphatic carbocycles. The first-order valence-corrected chi connectivity index (χ1v) is 5.53. The third-order valence-electron chi connectivity index (χ3n) is 2.26. The first-order valence-electron chi connectivity index (χ1n) is 5.15. The summed E-state index contributed by atoms with van der Waals surface area (Å²) in [5.74, 6) is 0. The van der Waals surface area contributed by atoms with Crippen LogP contribution in [0.5, 0.6) is 0 Å². The van der Waals surface area contributed by atoms with Crippen molar-refractivity contribution in [1.82, 2.24) is 15.2 Å². The lowest BCUT2D eigenvalue weighted by Crippen LogP contribution is -2.22. The Morgan fingerprint density at radius 1 is 1.53 bits per heavy atom. The molecule has 0 saturated heterocycles. The van der Waals surface area contributed by atoms with Crippen LogP contribution in [0.2, 0.25) is 5.02 Å². The first-order chi connectivity index (χ1) is 7.24. The molecule has 0 amide bonds. The molecule has 0 bridgehead atoms. The second kappa shape index (κ2) is 6.77. The number of hydrogen-bond donors (Lipinski definition) is 1. The highest BCUT2D eigenvalue weighted by molar-refractivity contribution is 6.31. The number of nitrogens with zero attached hydrogens (tertiary/aromatic N) is 2. The summed E-state index contributed by atoms with van der Waals surface area (Å²) in [6, 6.07) is 1.97. The molecular weight excluding hydrogens is 210 g/mol. The summed E-state index contributed by atoms with van der Waals surface area (Å²) in [4.78, 5) is 6.23. The molecule has 0 aliphatic heterocycles. The minimum atomic E-state index is 0.748. The van der Waals surface area contributed by atoms with E-state index in [0.29, 0.717) is 0 Å². The molecule has 1 aromatic rings. The van der Waals surface area contributed by atoms with Crippen molar-refractivity contribution in [3.05, 3.63) is 29.0 Å². The normalized spacial score (nSPS) is 10.9. The van der Waals surface area contributed by atoms with Crippen LogP contribution in [0, 0.1) is 0 Å². The zero-order valence-electron chi connectivity index (χ0n) is 9.33. The van der Waals surface area contributed by atoms with E-state index in [2.05, 4.69) is 22.2 Å². The predicted molar refractivity (Wildman–Crippen MR) is 64.1 cm³/mol. The number of nitrogens with one attached hydrogen (secondary N) is 1. The molecule has 0 aromatic carbocycles. The standard InChI is InChI=1S/C11H18ClN3/c1-13-5-3-7-15(2)9-10-4-6-14-8-11(10)12/h4,6,8,13H,3,5,7,9H2,1-2H3. The van der Waals surface area contributed by atoms with Crippen molar-refractivity contribution in [1.29, 1.82) is 0 Å². The van der Waals surface area contributed by atoms with Gasteiger partial charge in [-0.3, -0.25) is 4.98 Å². The van der Waals surface area contributed by atoms with Crippen LogP contribution in [0.1, 0.15) is 12.0 Å². The molecule has 1 heterocycles. The lowest BCUT2D eigenvalue weighted by atomic mass is 10.2. The van der Waals surface area contributed by atoms with E-state index in [4.69, 9.17) is 11.6 Å². The van der Waals surface area contributed by atoms with Crippen LogP contribution in [-0.4, -0.2) is 37.1 Å². The summed E-state index contributed by atoms with van der Waals surface area (Å²) in [5.41, 5.74) is 1.14. The molecule has 1 aromatic heterocycles. The SMILES string of the molecule is CNCCCN(C)Cc1ccncc1Cl. The molecule has 0 spiro atoms. The molecule has 0 aliphatic rings. The van der Waals surface area contributed by atoms with Crippen LogP contribution in [-0.2, 0) is 6.54 Å². The lowest BCUT2D eigenvalue weighted by molar-refractivity contribution is 0.321. The Balaban J connectivity index is 2.37. The van der Waals surface area contributed by atoms with E-state index in [1.807, 2.05) is 13.1 Å². The number of rotatable bonds is 6. The largest absolute Gasteiger partial charge is 0.320 e. The van der Waals surface area contributed by atoms with Crippen molar-refractivity contribution >= 4 is 11.6 Å². The van der Waals surface area contributed by atoms with E-state index < -0.39 is 0 Å². The highest BCUT2D eigenvalue weighted by Crippen LogP contribution is 2.14. The fraction of sp³-hybridized carbons (Fsp3) is 0.545. The van der Waals surface area contributed by atoms with Gasteiger partial charge in [-0.05, 0) is 45.2 Å². The van der Waals surface area contributed by atoms with Gasteiger partial charge in [0.2, 0.25) is 0 Å².